The molecular weight excluding hydrogens is 414 g/mol. The summed E-state index contributed by atoms with van der Waals surface area (Å²) in [4.78, 5) is 23.7. The van der Waals surface area contributed by atoms with Crippen LogP contribution in [0.2, 0.25) is 0 Å². The topological polar surface area (TPSA) is 105 Å². The second kappa shape index (κ2) is 7.79. The predicted octanol–water partition coefficient (Wildman–Crippen LogP) is 1.14. The Kier molecular flexibility index (Phi) is 5.96. The van der Waals surface area contributed by atoms with Crippen molar-refractivity contribution in [3.05, 3.63) is 46.1 Å². The van der Waals surface area contributed by atoms with Gasteiger partial charge in [0.05, 0.1) is 18.4 Å². The van der Waals surface area contributed by atoms with Crippen molar-refractivity contribution in [2.45, 2.75) is 13.5 Å². The summed E-state index contributed by atoms with van der Waals surface area (Å²) in [7, 11) is -2.89. The van der Waals surface area contributed by atoms with Crippen molar-refractivity contribution >= 4 is 43.7 Å². The number of rotatable bonds is 5. The normalized spacial score (nSPS) is 15.9. The Bertz CT molecular complexity index is 864. The molecule has 1 N–H and O–H groups in total. The maximum atomic E-state index is 12.1. The van der Waals surface area contributed by atoms with Gasteiger partial charge < -0.3 is 10.1 Å². The van der Waals surface area contributed by atoms with Crippen LogP contribution in [0.4, 0.5) is 0 Å². The molecule has 0 radical (unpaired) electrons. The van der Waals surface area contributed by atoms with E-state index in [2.05, 4.69) is 30.4 Å². The van der Waals surface area contributed by atoms with Crippen molar-refractivity contribution in [3.63, 3.8) is 0 Å². The highest BCUT2D eigenvalue weighted by molar-refractivity contribution is 9.10. The molecule has 0 aromatic heterocycles. The van der Waals surface area contributed by atoms with Gasteiger partial charge >= 0.3 is 16.2 Å². The van der Waals surface area contributed by atoms with E-state index >= 15 is 0 Å². The Morgan fingerprint density at radius 3 is 2.72 bits per heavy atom. The first-order valence-corrected chi connectivity index (χ1v) is 9.32. The number of methoxy groups -OCH3 is 1. The average Bonchev–Trinajstić information content (AvgIpc) is 2.54. The number of halogens is 1. The van der Waals surface area contributed by atoms with Gasteiger partial charge in [-0.2, -0.15) is 8.42 Å². The molecule has 10 heteroatoms. The van der Waals surface area contributed by atoms with Gasteiger partial charge in [-0.15, -0.1) is 4.40 Å². The second-order valence-corrected chi connectivity index (χ2v) is 7.60. The lowest BCUT2D eigenvalue weighted by atomic mass is 10.2. The number of nitrogens with one attached hydrogen (secondary N) is 1. The highest BCUT2D eigenvalue weighted by Gasteiger charge is 2.29. The van der Waals surface area contributed by atoms with Crippen LogP contribution in [-0.4, -0.2) is 44.0 Å². The van der Waals surface area contributed by atoms with Crippen LogP contribution < -0.4 is 5.32 Å². The van der Waals surface area contributed by atoms with Crippen LogP contribution in [0, 0.1) is 0 Å². The number of amides is 1. The molecule has 1 aliphatic heterocycles. The summed E-state index contributed by atoms with van der Waals surface area (Å²) in [5.41, 5.74) is 0.846. The lowest BCUT2D eigenvalue weighted by Crippen LogP contribution is -2.39. The molecule has 2 rings (SSSR count). The third-order valence-corrected chi connectivity index (χ3v) is 5.12. The molecule has 1 heterocycles. The van der Waals surface area contributed by atoms with Crippen molar-refractivity contribution in [2.75, 3.05) is 13.7 Å². The van der Waals surface area contributed by atoms with Gasteiger partial charge in [0.1, 0.15) is 6.54 Å². The average molecular weight is 430 g/mol. The lowest BCUT2D eigenvalue weighted by molar-refractivity contribution is -0.135. The van der Waals surface area contributed by atoms with Crippen LogP contribution in [0.3, 0.4) is 0 Å². The molecule has 1 aromatic carbocycles. The maximum Gasteiger partial charge on any atom is 0.344 e. The zero-order valence-electron chi connectivity index (χ0n) is 13.5. The summed E-state index contributed by atoms with van der Waals surface area (Å²) in [6.45, 7) is 1.13. The van der Waals surface area contributed by atoms with Crippen LogP contribution in [-0.2, 0) is 31.1 Å². The Morgan fingerprint density at radius 1 is 1.36 bits per heavy atom. The molecule has 1 aliphatic rings. The van der Waals surface area contributed by atoms with E-state index < -0.39 is 28.6 Å². The van der Waals surface area contributed by atoms with Gasteiger partial charge in [0.25, 0.3) is 0 Å². The Balaban J connectivity index is 2.08. The van der Waals surface area contributed by atoms with E-state index in [4.69, 9.17) is 0 Å². The lowest BCUT2D eigenvalue weighted by Gasteiger charge is -2.22. The Morgan fingerprint density at radius 2 is 2.08 bits per heavy atom. The molecule has 1 amide bonds. The second-order valence-electron chi connectivity index (χ2n) is 5.14. The van der Waals surface area contributed by atoms with Crippen LogP contribution >= 0.6 is 15.9 Å². The summed E-state index contributed by atoms with van der Waals surface area (Å²) in [6.07, 6.45) is 1.06. The molecule has 0 atom stereocenters. The van der Waals surface area contributed by atoms with Gasteiger partial charge in [0, 0.05) is 17.2 Å². The smallest absolute Gasteiger partial charge is 0.344 e. The Hall–Kier alpha value is -2.20. The molecule has 0 unspecified atom stereocenters. The highest BCUT2D eigenvalue weighted by Crippen LogP contribution is 2.17. The quantitative estimate of drug-likeness (QED) is 0.706. The zero-order chi connectivity index (χ0) is 18.6. The molecule has 0 fully saturated rings. The summed E-state index contributed by atoms with van der Waals surface area (Å²) >= 11 is 3.33. The summed E-state index contributed by atoms with van der Waals surface area (Å²) < 4.78 is 33.8. The Labute approximate surface area is 153 Å². The van der Waals surface area contributed by atoms with Crippen molar-refractivity contribution < 1.29 is 22.7 Å². The van der Waals surface area contributed by atoms with Gasteiger partial charge in [0.2, 0.25) is 5.91 Å². The molecular formula is C15H16BrN3O5S. The molecule has 0 aliphatic carbocycles. The van der Waals surface area contributed by atoms with E-state index in [0.717, 1.165) is 16.2 Å². The van der Waals surface area contributed by atoms with Gasteiger partial charge in [-0.3, -0.25) is 4.79 Å². The summed E-state index contributed by atoms with van der Waals surface area (Å²) in [5, 5.41) is 2.62. The molecule has 8 nitrogen and oxygen atoms in total. The van der Waals surface area contributed by atoms with Gasteiger partial charge in [-0.05, 0) is 24.6 Å². The number of nitrogens with zero attached hydrogens (tertiary/aromatic N) is 2. The first kappa shape index (κ1) is 19.1. The third kappa shape index (κ3) is 4.89. The number of carbonyl (C=O) groups excluding carboxylic acids is 2. The first-order valence-electron chi connectivity index (χ1n) is 7.13. The minimum atomic E-state index is -4.06. The maximum absolute atomic E-state index is 12.1. The first-order chi connectivity index (χ1) is 11.7. The predicted molar refractivity (Wildman–Crippen MR) is 94.8 cm³/mol. The van der Waals surface area contributed by atoms with Crippen molar-refractivity contribution in [1.82, 2.24) is 9.62 Å². The molecule has 0 spiro atoms. The number of ether oxygens (including phenoxy) is 1. The van der Waals surface area contributed by atoms with Gasteiger partial charge in [-0.25, -0.2) is 9.10 Å². The van der Waals surface area contributed by atoms with E-state index in [9.17, 15) is 18.0 Å². The molecule has 25 heavy (non-hydrogen) atoms. The number of hydrogen-bond acceptors (Lipinski definition) is 5. The summed E-state index contributed by atoms with van der Waals surface area (Å²) in [6, 6.07) is 7.33. The number of carbonyl (C=O) groups is 2. The molecule has 0 saturated heterocycles. The van der Waals surface area contributed by atoms with Crippen molar-refractivity contribution in [1.29, 1.82) is 0 Å². The highest BCUT2D eigenvalue weighted by atomic mass is 79.9. The fraction of sp³-hybridized carbons (Fsp3) is 0.267. The van der Waals surface area contributed by atoms with Crippen molar-refractivity contribution in [2.24, 2.45) is 4.40 Å². The number of benzene rings is 1. The van der Waals surface area contributed by atoms with E-state index in [1.165, 1.54) is 14.0 Å². The molecule has 1 aromatic rings. The van der Waals surface area contributed by atoms with E-state index in [1.54, 1.807) is 0 Å². The van der Waals surface area contributed by atoms with Crippen LogP contribution in [0.25, 0.3) is 0 Å². The van der Waals surface area contributed by atoms with Crippen LogP contribution in [0.5, 0.6) is 0 Å². The molecule has 134 valence electrons. The number of hydrogen-bond donors (Lipinski definition) is 1. The van der Waals surface area contributed by atoms with Crippen molar-refractivity contribution in [3.8, 4) is 0 Å². The minimum absolute atomic E-state index is 0.0117. The fourth-order valence-corrected chi connectivity index (χ4v) is 3.58. The fourth-order valence-electron chi connectivity index (χ4n) is 2.06. The van der Waals surface area contributed by atoms with E-state index in [0.29, 0.717) is 4.31 Å². The van der Waals surface area contributed by atoms with Crippen LogP contribution in [0.15, 0.2) is 44.9 Å². The third-order valence-electron chi connectivity index (χ3n) is 3.29. The van der Waals surface area contributed by atoms with E-state index in [-0.39, 0.29) is 17.8 Å². The van der Waals surface area contributed by atoms with Crippen LogP contribution in [0.1, 0.15) is 12.5 Å². The molecule has 0 saturated carbocycles. The number of esters is 1. The largest absolute Gasteiger partial charge is 0.465 e. The van der Waals surface area contributed by atoms with Gasteiger partial charge in [-0.1, -0.05) is 28.1 Å². The molecule has 0 bridgehead atoms. The zero-order valence-corrected chi connectivity index (χ0v) is 15.9. The monoisotopic (exact) mass is 429 g/mol. The van der Waals surface area contributed by atoms with Gasteiger partial charge in [0.15, 0.2) is 0 Å². The standard InChI is InChI=1S/C15H16BrN3O5S/c1-10-13(15(21)24-2)8-19(25(22,23)18-10)9-14(20)17-7-11-4-3-5-12(16)6-11/h3-6,8H,7,9H2,1-2H3,(H,17,20). The minimum Gasteiger partial charge on any atom is -0.465 e. The summed E-state index contributed by atoms with van der Waals surface area (Å²) in [5.74, 6) is -1.26. The van der Waals surface area contributed by atoms with E-state index in [1.807, 2.05) is 24.3 Å². The SMILES string of the molecule is COC(=O)C1=CN(CC(=O)NCc2cccc(Br)c2)S(=O)(=O)N=C1C.